The number of rotatable bonds is 6. The maximum atomic E-state index is 12.6. The summed E-state index contributed by atoms with van der Waals surface area (Å²) in [7, 11) is 2.38. The number of β-lactam (4-membered cyclic amide) rings is 1. The van der Waals surface area contributed by atoms with Gasteiger partial charge in [0.05, 0.1) is 18.7 Å². The normalized spacial score (nSPS) is 21.2. The summed E-state index contributed by atoms with van der Waals surface area (Å²) in [4.78, 5) is 58.3. The molecule has 0 radical (unpaired) electrons. The third-order valence-electron chi connectivity index (χ3n) is 4.52. The van der Waals surface area contributed by atoms with Gasteiger partial charge in [0.15, 0.2) is 10.8 Å². The van der Waals surface area contributed by atoms with Gasteiger partial charge in [0, 0.05) is 5.38 Å². The number of hydrogen-bond donors (Lipinski definition) is 3. The van der Waals surface area contributed by atoms with Crippen molar-refractivity contribution >= 4 is 45.9 Å². The summed E-state index contributed by atoms with van der Waals surface area (Å²) in [6.45, 7) is 0. The van der Waals surface area contributed by atoms with Crippen LogP contribution in [0.25, 0.3) is 0 Å². The van der Waals surface area contributed by atoms with Gasteiger partial charge >= 0.3 is 11.9 Å². The monoisotopic (exact) mass is 423 g/mol. The summed E-state index contributed by atoms with van der Waals surface area (Å²) in [6, 6.07) is -1.59. The predicted molar refractivity (Wildman–Crippen MR) is 98.5 cm³/mol. The second-order valence-electron chi connectivity index (χ2n) is 6.08. The number of nitrogens with zero attached hydrogens (tertiary/aromatic N) is 3. The molecule has 154 valence electrons. The van der Waals surface area contributed by atoms with E-state index < -0.39 is 41.5 Å². The Kier molecular flexibility index (Phi) is 5.50. The van der Waals surface area contributed by atoms with Gasteiger partial charge < -0.3 is 25.7 Å². The van der Waals surface area contributed by atoms with Crippen molar-refractivity contribution < 1.29 is 33.9 Å². The smallest absolute Gasteiger partial charge is 0.353 e. The van der Waals surface area contributed by atoms with Crippen molar-refractivity contribution in [1.29, 1.82) is 0 Å². The Morgan fingerprint density at radius 3 is 2.69 bits per heavy atom. The van der Waals surface area contributed by atoms with E-state index in [-0.39, 0.29) is 35.0 Å². The first kappa shape index (κ1) is 20.3. The number of nitrogens with one attached hydrogen (secondary N) is 1. The summed E-state index contributed by atoms with van der Waals surface area (Å²) >= 11 is 1.10. The first-order valence-electron chi connectivity index (χ1n) is 8.31. The van der Waals surface area contributed by atoms with Crippen LogP contribution in [0.4, 0.5) is 5.13 Å². The highest BCUT2D eigenvalue weighted by Gasteiger charge is 2.54. The molecule has 13 heteroatoms. The van der Waals surface area contributed by atoms with Crippen LogP contribution in [0.5, 0.6) is 0 Å². The van der Waals surface area contributed by atoms with E-state index in [1.807, 2.05) is 0 Å². The number of hydrogen-bond acceptors (Lipinski definition) is 10. The maximum absolute atomic E-state index is 12.6. The fraction of sp³-hybridized carbons (Fsp3) is 0.375. The molecule has 1 saturated heterocycles. The molecule has 1 fully saturated rings. The number of oxime groups is 1. The van der Waals surface area contributed by atoms with Crippen molar-refractivity contribution in [2.75, 3.05) is 20.0 Å². The van der Waals surface area contributed by atoms with Gasteiger partial charge in [-0.15, -0.1) is 11.3 Å². The van der Waals surface area contributed by atoms with Gasteiger partial charge in [-0.05, 0) is 12.8 Å². The Hall–Kier alpha value is -3.48. The molecule has 0 unspecified atom stereocenters. The van der Waals surface area contributed by atoms with Gasteiger partial charge in [-0.3, -0.25) is 14.5 Å². The molecule has 1 aromatic rings. The second-order valence-corrected chi connectivity index (χ2v) is 6.97. The van der Waals surface area contributed by atoms with Gasteiger partial charge in [0.25, 0.3) is 11.8 Å². The lowest BCUT2D eigenvalue weighted by Crippen LogP contribution is -2.72. The van der Waals surface area contributed by atoms with E-state index in [2.05, 4.69) is 25.0 Å². The highest BCUT2D eigenvalue weighted by atomic mass is 32.1. The number of fused-ring (bicyclic) bond motifs is 1. The number of nitrogen functional groups attached to an aromatic ring is 1. The van der Waals surface area contributed by atoms with Crippen LogP contribution >= 0.6 is 11.3 Å². The fourth-order valence-corrected chi connectivity index (χ4v) is 3.83. The number of aliphatic carboxylic acids is 1. The molecule has 3 rings (SSSR count). The molecule has 12 nitrogen and oxygen atoms in total. The molecule has 29 heavy (non-hydrogen) atoms. The van der Waals surface area contributed by atoms with E-state index in [0.717, 1.165) is 23.3 Å². The van der Waals surface area contributed by atoms with Crippen LogP contribution in [0.15, 0.2) is 21.8 Å². The van der Waals surface area contributed by atoms with Crippen molar-refractivity contribution in [2.24, 2.45) is 5.16 Å². The van der Waals surface area contributed by atoms with Crippen LogP contribution in [0.3, 0.4) is 0 Å². The van der Waals surface area contributed by atoms with E-state index in [0.29, 0.717) is 0 Å². The Morgan fingerprint density at radius 1 is 1.41 bits per heavy atom. The molecule has 1 aromatic heterocycles. The maximum Gasteiger partial charge on any atom is 0.353 e. The topological polar surface area (TPSA) is 174 Å². The number of nitrogens with two attached hydrogens (primary N) is 1. The van der Waals surface area contributed by atoms with E-state index >= 15 is 0 Å². The predicted octanol–water partition coefficient (Wildman–Crippen LogP) is -0.923. The highest BCUT2D eigenvalue weighted by Crippen LogP contribution is 2.37. The number of carboxylic acid groups (broad SMARTS) is 1. The average Bonchev–Trinajstić information content (AvgIpc) is 3.13. The minimum atomic E-state index is -1.42. The Morgan fingerprint density at radius 2 is 2.14 bits per heavy atom. The zero-order valence-corrected chi connectivity index (χ0v) is 16.2. The quantitative estimate of drug-likeness (QED) is 0.226. The molecule has 2 amide bonds. The molecule has 4 N–H and O–H groups in total. The molecule has 0 aromatic carbocycles. The number of methoxy groups -OCH3 is 1. The van der Waals surface area contributed by atoms with Crippen LogP contribution in [0.1, 0.15) is 18.5 Å². The number of carboxylic acids is 1. The fourth-order valence-electron chi connectivity index (χ4n) is 3.29. The number of thiazole rings is 1. The summed E-state index contributed by atoms with van der Waals surface area (Å²) < 4.78 is 4.60. The van der Waals surface area contributed by atoms with Crippen molar-refractivity contribution in [3.8, 4) is 0 Å². The SMILES string of the molecule is CON=C(C(=O)N[C@@H]1C(=O)N2C(C(=O)O)=C(C(=O)OC)CC[C@H]12)c1csc(N)n1. The number of carbonyl (C=O) groups is 4. The van der Waals surface area contributed by atoms with Crippen molar-refractivity contribution in [3.05, 3.63) is 22.3 Å². The van der Waals surface area contributed by atoms with Gasteiger partial charge in [0.1, 0.15) is 24.5 Å². The van der Waals surface area contributed by atoms with E-state index in [4.69, 9.17) is 5.73 Å². The Balaban J connectivity index is 1.82. The average molecular weight is 423 g/mol. The first-order chi connectivity index (χ1) is 13.8. The van der Waals surface area contributed by atoms with Crippen molar-refractivity contribution in [2.45, 2.75) is 24.9 Å². The number of ether oxygens (including phenoxy) is 1. The third kappa shape index (κ3) is 3.51. The number of amides is 2. The van der Waals surface area contributed by atoms with E-state index in [1.54, 1.807) is 0 Å². The van der Waals surface area contributed by atoms with Gasteiger partial charge in [-0.25, -0.2) is 14.6 Å². The lowest BCUT2D eigenvalue weighted by molar-refractivity contribution is -0.156. The number of carbonyl (C=O) groups excluding carboxylic acids is 3. The van der Waals surface area contributed by atoms with Gasteiger partial charge in [-0.1, -0.05) is 5.16 Å². The minimum Gasteiger partial charge on any atom is -0.477 e. The number of anilines is 1. The second kappa shape index (κ2) is 7.87. The van der Waals surface area contributed by atoms with E-state index in [9.17, 15) is 24.3 Å². The lowest BCUT2D eigenvalue weighted by Gasteiger charge is -2.49. The van der Waals surface area contributed by atoms with Crippen LogP contribution in [0, 0.1) is 0 Å². The summed E-state index contributed by atoms with van der Waals surface area (Å²) in [5.74, 6) is -3.62. The Bertz CT molecular complexity index is 953. The number of aromatic nitrogens is 1. The summed E-state index contributed by atoms with van der Waals surface area (Å²) in [5, 5.41) is 17.4. The zero-order valence-electron chi connectivity index (χ0n) is 15.4. The van der Waals surface area contributed by atoms with Gasteiger partial charge in [-0.2, -0.15) is 0 Å². The molecule has 0 saturated carbocycles. The van der Waals surface area contributed by atoms with Crippen molar-refractivity contribution in [3.63, 3.8) is 0 Å². The molecule has 0 aliphatic carbocycles. The molecule has 2 aliphatic rings. The Labute approximate surface area is 168 Å². The molecule has 3 heterocycles. The molecule has 2 aliphatic heterocycles. The standard InChI is InChI=1S/C16H17N5O7S/c1-27-15(26)6-3-4-8-10(13(23)21(8)11(6)14(24)25)19-12(22)9(20-28-2)7-5-29-16(17)18-7/h5,8,10H,3-4H2,1-2H3,(H2,17,18)(H,19,22)(H,24,25)/t8-,10+/m1/s1. The van der Waals surface area contributed by atoms with Crippen LogP contribution in [-0.2, 0) is 28.8 Å². The third-order valence-corrected chi connectivity index (χ3v) is 5.19. The summed E-state index contributed by atoms with van der Waals surface area (Å²) in [5.41, 5.74) is 5.06. The number of esters is 1. The summed E-state index contributed by atoms with van der Waals surface area (Å²) in [6.07, 6.45) is 0.370. The first-order valence-corrected chi connectivity index (χ1v) is 9.19. The van der Waals surface area contributed by atoms with Crippen LogP contribution < -0.4 is 11.1 Å². The molecular weight excluding hydrogens is 406 g/mol. The van der Waals surface area contributed by atoms with Crippen molar-refractivity contribution in [1.82, 2.24) is 15.2 Å². The van der Waals surface area contributed by atoms with E-state index in [1.165, 1.54) is 12.5 Å². The van der Waals surface area contributed by atoms with Crippen LogP contribution in [-0.4, -0.2) is 70.8 Å². The zero-order chi connectivity index (χ0) is 21.3. The highest BCUT2D eigenvalue weighted by molar-refractivity contribution is 7.13. The minimum absolute atomic E-state index is 0.0889. The molecular formula is C16H17N5O7S. The molecule has 2 atom stereocenters. The molecule has 0 spiro atoms. The largest absolute Gasteiger partial charge is 0.477 e. The lowest BCUT2D eigenvalue weighted by atomic mass is 9.83. The van der Waals surface area contributed by atoms with Gasteiger partial charge in [0.2, 0.25) is 0 Å². The molecule has 0 bridgehead atoms. The van der Waals surface area contributed by atoms with Crippen LogP contribution in [0.2, 0.25) is 0 Å².